The molecule has 6 nitrogen and oxygen atoms in total. The van der Waals surface area contributed by atoms with Crippen molar-refractivity contribution in [1.29, 1.82) is 0 Å². The highest BCUT2D eigenvalue weighted by Gasteiger charge is 2.31. The van der Waals surface area contributed by atoms with Crippen LogP contribution in [0, 0.1) is 0 Å². The minimum atomic E-state index is -0.296. The average Bonchev–Trinajstić information content (AvgIpc) is 3.01. The van der Waals surface area contributed by atoms with Gasteiger partial charge in [0.15, 0.2) is 6.40 Å². The predicted octanol–water partition coefficient (Wildman–Crippen LogP) is 3.73. The van der Waals surface area contributed by atoms with Gasteiger partial charge in [-0.2, -0.15) is 4.68 Å². The summed E-state index contributed by atoms with van der Waals surface area (Å²) >= 11 is 1.54. The lowest BCUT2D eigenvalue weighted by Crippen LogP contribution is -2.32. The fourth-order valence-corrected chi connectivity index (χ4v) is 4.51. The Morgan fingerprint density at radius 1 is 1.36 bits per heavy atom. The van der Waals surface area contributed by atoms with Crippen molar-refractivity contribution in [2.24, 2.45) is 5.10 Å². The van der Waals surface area contributed by atoms with E-state index in [0.29, 0.717) is 37.3 Å². The first-order valence-electron chi connectivity index (χ1n) is 9.37. The molecule has 0 amide bonds. The lowest BCUT2D eigenvalue weighted by molar-refractivity contribution is -0.0379. The molecule has 1 aliphatic heterocycles. The molecule has 0 atom stereocenters. The quantitative estimate of drug-likeness (QED) is 0.486. The second-order valence-corrected chi connectivity index (χ2v) is 8.48. The molecule has 4 rings (SSSR count). The van der Waals surface area contributed by atoms with Gasteiger partial charge in [0.05, 0.1) is 24.2 Å². The molecule has 0 N–H and O–H groups in total. The summed E-state index contributed by atoms with van der Waals surface area (Å²) in [4.78, 5) is 20.1. The first-order chi connectivity index (χ1) is 13.5. The molecule has 146 valence electrons. The summed E-state index contributed by atoms with van der Waals surface area (Å²) < 4.78 is 12.5. The van der Waals surface area contributed by atoms with Crippen LogP contribution in [0.3, 0.4) is 0 Å². The fourth-order valence-electron chi connectivity index (χ4n) is 3.39. The van der Waals surface area contributed by atoms with Crippen LogP contribution in [0.25, 0.3) is 10.2 Å². The predicted molar refractivity (Wildman–Crippen MR) is 111 cm³/mol. The molecule has 3 aromatic rings. The Bertz CT molecular complexity index is 1080. The molecule has 1 aromatic carbocycles. The van der Waals surface area contributed by atoms with Gasteiger partial charge >= 0.3 is 0 Å². The molecule has 1 aliphatic rings. The van der Waals surface area contributed by atoms with Crippen molar-refractivity contribution >= 4 is 28.0 Å². The number of rotatable bonds is 5. The van der Waals surface area contributed by atoms with Crippen LogP contribution >= 0.6 is 11.3 Å². The fraction of sp³-hybridized carbons (Fsp3) is 0.381. The molecule has 0 fully saturated rings. The number of ether oxygens (including phenoxy) is 2. The second-order valence-electron chi connectivity index (χ2n) is 7.39. The standard InChI is InChI=1S/C21H23N3O3S/c1-4-26-13-22-24-17(10-14-8-6-5-7-9-14)23-19-18(20(24)25)15-11-21(2,3)27-12-16(15)28-19/h5-9,13H,4,10-12H2,1-3H3/b22-13-. The summed E-state index contributed by atoms with van der Waals surface area (Å²) in [6, 6.07) is 9.95. The Morgan fingerprint density at radius 2 is 2.14 bits per heavy atom. The van der Waals surface area contributed by atoms with Crippen molar-refractivity contribution in [1.82, 2.24) is 9.66 Å². The van der Waals surface area contributed by atoms with E-state index in [4.69, 9.17) is 14.5 Å². The van der Waals surface area contributed by atoms with Gasteiger partial charge in [-0.05, 0) is 31.9 Å². The second kappa shape index (κ2) is 7.48. The topological polar surface area (TPSA) is 65.7 Å². The van der Waals surface area contributed by atoms with E-state index in [0.717, 1.165) is 20.8 Å². The van der Waals surface area contributed by atoms with Crippen molar-refractivity contribution in [2.75, 3.05) is 6.61 Å². The Labute approximate surface area is 167 Å². The van der Waals surface area contributed by atoms with Gasteiger partial charge in [-0.15, -0.1) is 16.4 Å². The number of aromatic nitrogens is 2. The van der Waals surface area contributed by atoms with Crippen molar-refractivity contribution in [2.45, 2.75) is 45.8 Å². The van der Waals surface area contributed by atoms with Gasteiger partial charge < -0.3 is 9.47 Å². The number of thiophene rings is 1. The number of nitrogens with zero attached hydrogens (tertiary/aromatic N) is 3. The lowest BCUT2D eigenvalue weighted by Gasteiger charge is -2.29. The van der Waals surface area contributed by atoms with Crippen molar-refractivity contribution in [3.8, 4) is 0 Å². The third-order valence-corrected chi connectivity index (χ3v) is 5.86. The molecule has 0 bridgehead atoms. The zero-order valence-corrected chi connectivity index (χ0v) is 17.1. The highest BCUT2D eigenvalue weighted by molar-refractivity contribution is 7.18. The number of hydrogen-bond donors (Lipinski definition) is 0. The summed E-state index contributed by atoms with van der Waals surface area (Å²) in [6.07, 6.45) is 2.52. The van der Waals surface area contributed by atoms with Crippen LogP contribution in [-0.4, -0.2) is 28.3 Å². The van der Waals surface area contributed by atoms with Crippen molar-refractivity contribution in [3.05, 3.63) is 62.5 Å². The van der Waals surface area contributed by atoms with Gasteiger partial charge in [-0.1, -0.05) is 30.3 Å². The molecule has 3 heterocycles. The molecule has 0 saturated heterocycles. The molecular formula is C21H23N3O3S. The first-order valence-corrected chi connectivity index (χ1v) is 10.2. The molecule has 0 unspecified atom stereocenters. The van der Waals surface area contributed by atoms with Gasteiger partial charge in [0.1, 0.15) is 10.7 Å². The number of hydrogen-bond acceptors (Lipinski definition) is 6. The summed E-state index contributed by atoms with van der Waals surface area (Å²) in [6.45, 7) is 6.96. The Balaban J connectivity index is 1.88. The maximum Gasteiger partial charge on any atom is 0.283 e. The van der Waals surface area contributed by atoms with Crippen LogP contribution in [0.1, 0.15) is 42.6 Å². The van der Waals surface area contributed by atoms with Crippen LogP contribution in [0.15, 0.2) is 40.2 Å². The Hall–Kier alpha value is -2.51. The smallest absolute Gasteiger partial charge is 0.283 e. The van der Waals surface area contributed by atoms with E-state index in [1.165, 1.54) is 11.1 Å². The monoisotopic (exact) mass is 397 g/mol. The third-order valence-electron chi connectivity index (χ3n) is 4.76. The molecule has 0 radical (unpaired) electrons. The molecule has 28 heavy (non-hydrogen) atoms. The minimum Gasteiger partial charge on any atom is -0.482 e. The summed E-state index contributed by atoms with van der Waals surface area (Å²) in [5.41, 5.74) is 1.66. The number of fused-ring (bicyclic) bond motifs is 3. The van der Waals surface area contributed by atoms with E-state index in [1.54, 1.807) is 11.3 Å². The van der Waals surface area contributed by atoms with Crippen LogP contribution in [-0.2, 0) is 28.9 Å². The zero-order valence-electron chi connectivity index (χ0n) is 16.3. The molecule has 0 aliphatic carbocycles. The minimum absolute atomic E-state index is 0.151. The first kappa shape index (κ1) is 18.8. The van der Waals surface area contributed by atoms with E-state index in [9.17, 15) is 4.79 Å². The molecule has 2 aromatic heterocycles. The van der Waals surface area contributed by atoms with Crippen LogP contribution in [0.2, 0.25) is 0 Å². The maximum atomic E-state index is 13.4. The lowest BCUT2D eigenvalue weighted by atomic mass is 9.94. The van der Waals surface area contributed by atoms with Gasteiger partial charge in [0.25, 0.3) is 5.56 Å². The van der Waals surface area contributed by atoms with E-state index >= 15 is 0 Å². The van der Waals surface area contributed by atoms with E-state index in [1.807, 2.05) is 51.1 Å². The molecule has 7 heteroatoms. The van der Waals surface area contributed by atoms with Gasteiger partial charge in [0, 0.05) is 17.7 Å². The van der Waals surface area contributed by atoms with E-state index in [-0.39, 0.29) is 11.2 Å². The summed E-state index contributed by atoms with van der Waals surface area (Å²) in [7, 11) is 0. The van der Waals surface area contributed by atoms with Gasteiger partial charge in [-0.25, -0.2) is 4.98 Å². The van der Waals surface area contributed by atoms with Crippen molar-refractivity contribution < 1.29 is 9.47 Å². The van der Waals surface area contributed by atoms with Gasteiger partial charge in [-0.3, -0.25) is 4.79 Å². The van der Waals surface area contributed by atoms with E-state index in [2.05, 4.69) is 5.10 Å². The Kier molecular flexibility index (Phi) is 5.03. The SMILES string of the molecule is CCO/C=N\n1c(Cc2ccccc2)nc2sc3c(c2c1=O)CC(C)(C)OC3. The Morgan fingerprint density at radius 3 is 2.89 bits per heavy atom. The van der Waals surface area contributed by atoms with Crippen LogP contribution in [0.4, 0.5) is 0 Å². The van der Waals surface area contributed by atoms with Crippen LogP contribution in [0.5, 0.6) is 0 Å². The molecule has 0 spiro atoms. The molecular weight excluding hydrogens is 374 g/mol. The van der Waals surface area contributed by atoms with E-state index < -0.39 is 0 Å². The normalized spacial score (nSPS) is 15.8. The maximum absolute atomic E-state index is 13.4. The highest BCUT2D eigenvalue weighted by Crippen LogP contribution is 2.37. The third kappa shape index (κ3) is 3.59. The summed E-state index contributed by atoms with van der Waals surface area (Å²) in [5.74, 6) is 0.596. The largest absolute Gasteiger partial charge is 0.482 e. The van der Waals surface area contributed by atoms with Crippen molar-refractivity contribution in [3.63, 3.8) is 0 Å². The average molecular weight is 398 g/mol. The van der Waals surface area contributed by atoms with Gasteiger partial charge in [0.2, 0.25) is 0 Å². The summed E-state index contributed by atoms with van der Waals surface area (Å²) in [5, 5.41) is 4.93. The zero-order chi connectivity index (χ0) is 19.7. The highest BCUT2D eigenvalue weighted by atomic mass is 32.1. The van der Waals surface area contributed by atoms with Crippen LogP contribution < -0.4 is 5.56 Å². The number of benzene rings is 1. The molecule has 0 saturated carbocycles.